The van der Waals surface area contributed by atoms with Crippen molar-refractivity contribution in [2.45, 2.75) is 69.0 Å². The molecule has 230 valence electrons. The molecule has 0 saturated heterocycles. The highest BCUT2D eigenvalue weighted by Gasteiger charge is 2.34. The van der Waals surface area contributed by atoms with E-state index < -0.39 is 28.5 Å². The number of benzene rings is 3. The van der Waals surface area contributed by atoms with E-state index in [2.05, 4.69) is 5.32 Å². The van der Waals surface area contributed by atoms with Crippen molar-refractivity contribution in [2.24, 2.45) is 0 Å². The minimum atomic E-state index is -4.16. The molecule has 8 nitrogen and oxygen atoms in total. The molecule has 43 heavy (non-hydrogen) atoms. The van der Waals surface area contributed by atoms with Crippen molar-refractivity contribution in [2.75, 3.05) is 18.0 Å². The fourth-order valence-electron chi connectivity index (χ4n) is 5.29. The molecule has 4 rings (SSSR count). The van der Waals surface area contributed by atoms with E-state index in [1.165, 1.54) is 24.1 Å². The van der Waals surface area contributed by atoms with Crippen LogP contribution in [0.3, 0.4) is 0 Å². The Balaban J connectivity index is 1.72. The van der Waals surface area contributed by atoms with E-state index in [4.69, 9.17) is 27.9 Å². The number of hydrogen-bond acceptors (Lipinski definition) is 5. The van der Waals surface area contributed by atoms with Gasteiger partial charge in [0.15, 0.2) is 0 Å². The minimum Gasteiger partial charge on any atom is -0.497 e. The largest absolute Gasteiger partial charge is 0.497 e. The Hall–Kier alpha value is -3.27. The summed E-state index contributed by atoms with van der Waals surface area (Å²) >= 11 is 12.6. The SMILES string of the molecule is CC[C@@H](C(=O)NC1CCCCC1)N(Cc1ccc(Cl)cc1Cl)C(=O)CN(c1ccc(OC)cc1)S(=O)(=O)c1ccccc1. The van der Waals surface area contributed by atoms with Crippen LogP contribution >= 0.6 is 23.2 Å². The minimum absolute atomic E-state index is 0.00668. The highest BCUT2D eigenvalue weighted by Crippen LogP contribution is 2.28. The Kier molecular flexibility index (Phi) is 11.3. The third-order valence-corrected chi connectivity index (χ3v) is 10.0. The average molecular weight is 647 g/mol. The van der Waals surface area contributed by atoms with Crippen LogP contribution < -0.4 is 14.4 Å². The topological polar surface area (TPSA) is 96.0 Å². The van der Waals surface area contributed by atoms with E-state index in [0.29, 0.717) is 27.8 Å². The maximum atomic E-state index is 14.3. The lowest BCUT2D eigenvalue weighted by Gasteiger charge is -2.34. The lowest BCUT2D eigenvalue weighted by Crippen LogP contribution is -2.54. The van der Waals surface area contributed by atoms with E-state index in [1.807, 2.05) is 6.92 Å². The van der Waals surface area contributed by atoms with Gasteiger partial charge in [0, 0.05) is 22.6 Å². The number of carbonyl (C=O) groups excluding carboxylic acids is 2. The van der Waals surface area contributed by atoms with E-state index in [-0.39, 0.29) is 29.1 Å². The Morgan fingerprint density at radius 1 is 0.977 bits per heavy atom. The molecule has 3 aromatic rings. The first-order valence-electron chi connectivity index (χ1n) is 14.4. The van der Waals surface area contributed by atoms with Crippen LogP contribution in [0.25, 0.3) is 0 Å². The van der Waals surface area contributed by atoms with Gasteiger partial charge in [-0.25, -0.2) is 8.42 Å². The van der Waals surface area contributed by atoms with Gasteiger partial charge in [-0.15, -0.1) is 0 Å². The summed E-state index contributed by atoms with van der Waals surface area (Å²) in [6.45, 7) is 1.28. The van der Waals surface area contributed by atoms with Crippen LogP contribution in [0.4, 0.5) is 5.69 Å². The van der Waals surface area contributed by atoms with Gasteiger partial charge >= 0.3 is 0 Å². The average Bonchev–Trinajstić information content (AvgIpc) is 3.01. The molecule has 1 aliphatic rings. The number of methoxy groups -OCH3 is 1. The van der Waals surface area contributed by atoms with Crippen LogP contribution in [0.2, 0.25) is 10.0 Å². The molecular formula is C32H37Cl2N3O5S. The number of sulfonamides is 1. The number of ether oxygens (including phenoxy) is 1. The molecule has 0 radical (unpaired) electrons. The summed E-state index contributed by atoms with van der Waals surface area (Å²) in [6.07, 6.45) is 5.32. The van der Waals surface area contributed by atoms with E-state index in [9.17, 15) is 18.0 Å². The molecule has 1 fully saturated rings. The Labute approximate surface area is 264 Å². The molecule has 0 unspecified atom stereocenters. The zero-order valence-corrected chi connectivity index (χ0v) is 26.7. The third-order valence-electron chi connectivity index (χ3n) is 7.66. The lowest BCUT2D eigenvalue weighted by atomic mass is 9.95. The molecule has 11 heteroatoms. The van der Waals surface area contributed by atoms with Crippen LogP contribution in [0.1, 0.15) is 51.0 Å². The van der Waals surface area contributed by atoms with Gasteiger partial charge in [0.1, 0.15) is 18.3 Å². The highest BCUT2D eigenvalue weighted by atomic mass is 35.5. The van der Waals surface area contributed by atoms with Gasteiger partial charge < -0.3 is 15.0 Å². The van der Waals surface area contributed by atoms with Gasteiger partial charge in [-0.3, -0.25) is 13.9 Å². The lowest BCUT2D eigenvalue weighted by molar-refractivity contribution is -0.140. The first-order valence-corrected chi connectivity index (χ1v) is 16.6. The van der Waals surface area contributed by atoms with Crippen LogP contribution in [0, 0.1) is 0 Å². The van der Waals surface area contributed by atoms with Crippen molar-refractivity contribution in [1.82, 2.24) is 10.2 Å². The fraction of sp³-hybridized carbons (Fsp3) is 0.375. The first kappa shape index (κ1) is 32.6. The number of nitrogens with one attached hydrogen (secondary N) is 1. The quantitative estimate of drug-likeness (QED) is 0.244. The molecule has 0 bridgehead atoms. The van der Waals surface area contributed by atoms with Gasteiger partial charge in [0.2, 0.25) is 11.8 Å². The summed E-state index contributed by atoms with van der Waals surface area (Å²) in [7, 11) is -2.65. The first-order chi connectivity index (χ1) is 20.6. The predicted molar refractivity (Wildman–Crippen MR) is 170 cm³/mol. The standard InChI is InChI=1S/C32H37Cl2N3O5S/c1-3-30(32(39)35-25-10-6-4-7-11-25)36(21-23-14-15-24(33)20-29(23)34)31(38)22-37(26-16-18-27(42-2)19-17-26)43(40,41)28-12-8-5-9-13-28/h5,8-9,12-20,25,30H,3-4,6-7,10-11,21-22H2,1-2H3,(H,35,39)/t30-/m0/s1. The third kappa shape index (κ3) is 8.22. The normalized spacial score (nSPS) is 14.5. The van der Waals surface area contributed by atoms with E-state index >= 15 is 0 Å². The van der Waals surface area contributed by atoms with Crippen LogP contribution in [-0.2, 0) is 26.2 Å². The molecular weight excluding hydrogens is 609 g/mol. The maximum Gasteiger partial charge on any atom is 0.264 e. The summed E-state index contributed by atoms with van der Waals surface area (Å²) in [6, 6.07) is 18.5. The molecule has 1 aliphatic carbocycles. The molecule has 0 heterocycles. The monoisotopic (exact) mass is 645 g/mol. The molecule has 1 atom stereocenters. The second-order valence-electron chi connectivity index (χ2n) is 10.5. The fourth-order valence-corrected chi connectivity index (χ4v) is 7.20. The highest BCUT2D eigenvalue weighted by molar-refractivity contribution is 7.92. The summed E-state index contributed by atoms with van der Waals surface area (Å²) in [4.78, 5) is 29.4. The van der Waals surface area contributed by atoms with Crippen molar-refractivity contribution in [3.8, 4) is 5.75 Å². The van der Waals surface area contributed by atoms with Crippen molar-refractivity contribution in [3.05, 3.63) is 88.4 Å². The van der Waals surface area contributed by atoms with Crippen LogP contribution in [0.15, 0.2) is 77.7 Å². The number of rotatable bonds is 12. The summed E-state index contributed by atoms with van der Waals surface area (Å²) in [5.74, 6) is -0.279. The Morgan fingerprint density at radius 2 is 1.65 bits per heavy atom. The molecule has 2 amide bonds. The second kappa shape index (κ2) is 14.9. The van der Waals surface area contributed by atoms with Crippen LogP contribution in [-0.4, -0.2) is 50.9 Å². The van der Waals surface area contributed by atoms with Gasteiger partial charge in [0.25, 0.3) is 10.0 Å². The number of amides is 2. The number of carbonyl (C=O) groups is 2. The van der Waals surface area contributed by atoms with Crippen LogP contribution in [0.5, 0.6) is 5.75 Å². The number of hydrogen-bond donors (Lipinski definition) is 1. The smallest absolute Gasteiger partial charge is 0.264 e. The Bertz CT molecular complexity index is 1500. The van der Waals surface area contributed by atoms with Crippen molar-refractivity contribution in [1.29, 1.82) is 0 Å². The number of nitrogens with zero attached hydrogens (tertiary/aromatic N) is 2. The molecule has 3 aromatic carbocycles. The molecule has 1 N–H and O–H groups in total. The van der Waals surface area contributed by atoms with Crippen molar-refractivity contribution in [3.63, 3.8) is 0 Å². The predicted octanol–water partition coefficient (Wildman–Crippen LogP) is 6.45. The second-order valence-corrected chi connectivity index (χ2v) is 13.3. The molecule has 1 saturated carbocycles. The molecule has 0 aliphatic heterocycles. The summed E-state index contributed by atoms with van der Waals surface area (Å²) in [5.41, 5.74) is 0.868. The molecule has 0 spiro atoms. The summed E-state index contributed by atoms with van der Waals surface area (Å²) < 4.78 is 34.2. The number of anilines is 1. The van der Waals surface area contributed by atoms with Gasteiger partial charge in [0.05, 0.1) is 17.7 Å². The van der Waals surface area contributed by atoms with Gasteiger partial charge in [-0.2, -0.15) is 0 Å². The zero-order valence-electron chi connectivity index (χ0n) is 24.3. The van der Waals surface area contributed by atoms with Gasteiger partial charge in [-0.05, 0) is 73.4 Å². The molecule has 0 aromatic heterocycles. The number of halogens is 2. The van der Waals surface area contributed by atoms with Crippen molar-refractivity contribution >= 4 is 50.7 Å². The van der Waals surface area contributed by atoms with E-state index in [1.54, 1.807) is 60.7 Å². The van der Waals surface area contributed by atoms with Crippen molar-refractivity contribution < 1.29 is 22.7 Å². The van der Waals surface area contributed by atoms with Gasteiger partial charge in [-0.1, -0.05) is 73.7 Å². The maximum absolute atomic E-state index is 14.3. The Morgan fingerprint density at radius 3 is 2.26 bits per heavy atom. The van der Waals surface area contributed by atoms with E-state index in [0.717, 1.165) is 36.4 Å². The summed E-state index contributed by atoms with van der Waals surface area (Å²) in [5, 5.41) is 3.92. The zero-order chi connectivity index (χ0) is 31.0.